The molecule has 1 aromatic carbocycles. The molecule has 2 N–H and O–H groups in total. The van der Waals surface area contributed by atoms with Crippen LogP contribution in [0.25, 0.3) is 0 Å². The van der Waals surface area contributed by atoms with Crippen LogP contribution in [-0.2, 0) is 4.79 Å². The minimum absolute atomic E-state index is 0. The van der Waals surface area contributed by atoms with Crippen LogP contribution in [0.1, 0.15) is 19.3 Å². The minimum atomic E-state index is 0. The zero-order valence-electron chi connectivity index (χ0n) is 13.1. The summed E-state index contributed by atoms with van der Waals surface area (Å²) in [4.78, 5) is 11.7. The number of halogens is 2. The fourth-order valence-corrected chi connectivity index (χ4v) is 3.40. The Balaban J connectivity index is 0.00000264. The lowest BCUT2D eigenvalue weighted by Gasteiger charge is -2.10. The van der Waals surface area contributed by atoms with Gasteiger partial charge in [-0.25, -0.2) is 0 Å². The Morgan fingerprint density at radius 1 is 1.43 bits per heavy atom. The van der Waals surface area contributed by atoms with Crippen LogP contribution in [0.3, 0.4) is 0 Å². The Morgan fingerprint density at radius 3 is 3.04 bits per heavy atom. The van der Waals surface area contributed by atoms with Crippen molar-refractivity contribution in [1.82, 2.24) is 10.6 Å². The van der Waals surface area contributed by atoms with Crippen molar-refractivity contribution >= 4 is 46.0 Å². The summed E-state index contributed by atoms with van der Waals surface area (Å²) in [6.45, 7) is 2.46. The highest BCUT2D eigenvalue weighted by atomic mass is 79.9. The number of benzene rings is 1. The van der Waals surface area contributed by atoms with Crippen molar-refractivity contribution in [1.29, 1.82) is 0 Å². The maximum atomic E-state index is 11.7. The third-order valence-electron chi connectivity index (χ3n) is 3.46. The van der Waals surface area contributed by atoms with Gasteiger partial charge in [0.05, 0.1) is 6.61 Å². The molecule has 0 saturated carbocycles. The molecule has 7 heteroatoms. The number of thioether (sulfide) groups is 1. The number of carbonyl (C=O) groups is 1. The predicted octanol–water partition coefficient (Wildman–Crippen LogP) is 3.24. The number of amides is 1. The molecule has 1 unspecified atom stereocenters. The molecule has 1 fully saturated rings. The molecule has 1 saturated heterocycles. The lowest BCUT2D eigenvalue weighted by molar-refractivity contribution is -0.121. The first-order chi connectivity index (χ1) is 10.7. The van der Waals surface area contributed by atoms with E-state index in [4.69, 9.17) is 4.74 Å². The molecule has 0 aromatic heterocycles. The van der Waals surface area contributed by atoms with E-state index in [0.717, 1.165) is 41.2 Å². The van der Waals surface area contributed by atoms with Gasteiger partial charge in [0.1, 0.15) is 5.75 Å². The largest absolute Gasteiger partial charge is 0.493 e. The van der Waals surface area contributed by atoms with E-state index in [-0.39, 0.29) is 18.3 Å². The third kappa shape index (κ3) is 8.84. The molecular weight excluding hydrogens is 400 g/mol. The monoisotopic (exact) mass is 422 g/mol. The number of carbonyl (C=O) groups excluding carboxylic acids is 1. The van der Waals surface area contributed by atoms with Gasteiger partial charge in [-0.2, -0.15) is 11.8 Å². The summed E-state index contributed by atoms with van der Waals surface area (Å²) < 4.78 is 6.68. The molecule has 1 heterocycles. The van der Waals surface area contributed by atoms with E-state index in [9.17, 15) is 4.79 Å². The van der Waals surface area contributed by atoms with Gasteiger partial charge in [0.25, 0.3) is 0 Å². The van der Waals surface area contributed by atoms with Crippen molar-refractivity contribution in [2.24, 2.45) is 0 Å². The molecule has 0 bridgehead atoms. The van der Waals surface area contributed by atoms with Crippen LogP contribution < -0.4 is 15.4 Å². The molecule has 4 nitrogen and oxygen atoms in total. The van der Waals surface area contributed by atoms with Crippen LogP contribution in [0, 0.1) is 0 Å². The second-order valence-electron chi connectivity index (χ2n) is 5.27. The van der Waals surface area contributed by atoms with E-state index < -0.39 is 0 Å². The molecule has 1 amide bonds. The highest BCUT2D eigenvalue weighted by Gasteiger charge is 2.16. The Hall–Kier alpha value is -0.430. The lowest BCUT2D eigenvalue weighted by Crippen LogP contribution is -2.33. The normalized spacial score (nSPS) is 16.7. The van der Waals surface area contributed by atoms with Gasteiger partial charge in [0, 0.05) is 35.0 Å². The smallest absolute Gasteiger partial charge is 0.221 e. The molecule has 0 aliphatic carbocycles. The summed E-state index contributed by atoms with van der Waals surface area (Å²) in [5.41, 5.74) is 0. The fraction of sp³-hybridized carbons (Fsp3) is 0.562. The first-order valence-corrected chi connectivity index (χ1v) is 9.65. The van der Waals surface area contributed by atoms with E-state index in [1.807, 2.05) is 24.3 Å². The lowest BCUT2D eigenvalue weighted by atomic mass is 10.1. The van der Waals surface area contributed by atoms with Gasteiger partial charge in [0.2, 0.25) is 5.91 Å². The topological polar surface area (TPSA) is 50.4 Å². The Labute approximate surface area is 157 Å². The Kier molecular flexibility index (Phi) is 10.8. The highest BCUT2D eigenvalue weighted by Crippen LogP contribution is 2.17. The van der Waals surface area contributed by atoms with E-state index >= 15 is 0 Å². The van der Waals surface area contributed by atoms with Crippen molar-refractivity contribution in [2.45, 2.75) is 25.3 Å². The summed E-state index contributed by atoms with van der Waals surface area (Å²) in [6, 6.07) is 8.23. The van der Waals surface area contributed by atoms with E-state index in [0.29, 0.717) is 19.1 Å². The maximum absolute atomic E-state index is 11.7. The predicted molar refractivity (Wildman–Crippen MR) is 103 cm³/mol. The van der Waals surface area contributed by atoms with E-state index in [1.165, 1.54) is 6.42 Å². The zero-order valence-corrected chi connectivity index (χ0v) is 16.3. The van der Waals surface area contributed by atoms with Gasteiger partial charge in [-0.1, -0.05) is 22.0 Å². The molecule has 1 atom stereocenters. The van der Waals surface area contributed by atoms with Gasteiger partial charge >= 0.3 is 0 Å². The molecule has 1 aliphatic heterocycles. The standard InChI is InChI=1S/C16H23BrN2O2S.ClH/c17-13-3-1-5-15(11-13)21-8-10-22-9-7-19-16(20)12-14-4-2-6-18-14;/h1,3,5,11,14,18H,2,4,6-10,12H2,(H,19,20);1H. The van der Waals surface area contributed by atoms with Gasteiger partial charge in [-0.05, 0) is 37.6 Å². The molecule has 1 aliphatic rings. The molecule has 23 heavy (non-hydrogen) atoms. The van der Waals surface area contributed by atoms with Gasteiger partial charge in [-0.3, -0.25) is 4.79 Å². The average molecular weight is 424 g/mol. The van der Waals surface area contributed by atoms with E-state index in [1.54, 1.807) is 11.8 Å². The summed E-state index contributed by atoms with van der Waals surface area (Å²) in [6.07, 6.45) is 2.91. The van der Waals surface area contributed by atoms with Crippen molar-refractivity contribution in [2.75, 3.05) is 31.2 Å². The van der Waals surface area contributed by atoms with Crippen LogP contribution in [0.2, 0.25) is 0 Å². The highest BCUT2D eigenvalue weighted by molar-refractivity contribution is 9.10. The van der Waals surface area contributed by atoms with Crippen LogP contribution in [0.15, 0.2) is 28.7 Å². The molecule has 2 rings (SSSR count). The van der Waals surface area contributed by atoms with Crippen molar-refractivity contribution in [3.8, 4) is 5.75 Å². The van der Waals surface area contributed by atoms with Crippen LogP contribution >= 0.6 is 40.1 Å². The van der Waals surface area contributed by atoms with Crippen molar-refractivity contribution in [3.05, 3.63) is 28.7 Å². The summed E-state index contributed by atoms with van der Waals surface area (Å²) in [5, 5.41) is 6.32. The molecule has 0 radical (unpaired) electrons. The van der Waals surface area contributed by atoms with E-state index in [2.05, 4.69) is 26.6 Å². The number of rotatable bonds is 9. The minimum Gasteiger partial charge on any atom is -0.493 e. The second kappa shape index (κ2) is 12.0. The van der Waals surface area contributed by atoms with Gasteiger partial charge in [-0.15, -0.1) is 12.4 Å². The zero-order chi connectivity index (χ0) is 15.6. The van der Waals surface area contributed by atoms with Gasteiger partial charge in [0.15, 0.2) is 0 Å². The first-order valence-electron chi connectivity index (χ1n) is 7.70. The number of hydrogen-bond donors (Lipinski definition) is 2. The summed E-state index contributed by atoms with van der Waals surface area (Å²) >= 11 is 5.21. The van der Waals surface area contributed by atoms with Crippen LogP contribution in [0.5, 0.6) is 5.75 Å². The van der Waals surface area contributed by atoms with Crippen LogP contribution in [0.4, 0.5) is 0 Å². The number of ether oxygens (including phenoxy) is 1. The number of nitrogens with one attached hydrogen (secondary N) is 2. The van der Waals surface area contributed by atoms with Gasteiger partial charge < -0.3 is 15.4 Å². The second-order valence-corrected chi connectivity index (χ2v) is 7.41. The molecule has 1 aromatic rings. The first kappa shape index (κ1) is 20.6. The quantitative estimate of drug-likeness (QED) is 0.599. The molecular formula is C16H24BrClN2O2S. The SMILES string of the molecule is Cl.O=C(CC1CCCN1)NCCSCCOc1cccc(Br)c1. The van der Waals surface area contributed by atoms with Crippen molar-refractivity contribution in [3.63, 3.8) is 0 Å². The van der Waals surface area contributed by atoms with Crippen molar-refractivity contribution < 1.29 is 9.53 Å². The summed E-state index contributed by atoms with van der Waals surface area (Å²) in [7, 11) is 0. The third-order valence-corrected chi connectivity index (χ3v) is 4.90. The fourth-order valence-electron chi connectivity index (χ4n) is 2.37. The molecule has 0 spiro atoms. The maximum Gasteiger partial charge on any atom is 0.221 e. The van der Waals surface area contributed by atoms with Crippen LogP contribution in [-0.4, -0.2) is 43.2 Å². The Bertz CT molecular complexity index is 473. The molecule has 130 valence electrons. The Morgan fingerprint density at radius 2 is 2.30 bits per heavy atom. The number of hydrogen-bond acceptors (Lipinski definition) is 4. The average Bonchev–Trinajstić information content (AvgIpc) is 2.99. The summed E-state index contributed by atoms with van der Waals surface area (Å²) in [5.74, 6) is 2.89.